The van der Waals surface area contributed by atoms with Gasteiger partial charge in [0.05, 0.1) is 18.2 Å². The lowest BCUT2D eigenvalue weighted by Gasteiger charge is -2.14. The SMILES string of the molecule is CCCCOc1c(Cl)cc(/C=C2\N=C(c3ccc4ccccc4c3)OC2=O)cc1OCC. The van der Waals surface area contributed by atoms with E-state index in [1.54, 1.807) is 18.2 Å². The molecule has 32 heavy (non-hydrogen) atoms. The molecule has 0 unspecified atom stereocenters. The third-order valence-corrected chi connectivity index (χ3v) is 5.28. The molecule has 0 spiro atoms. The molecule has 0 aliphatic carbocycles. The average molecular weight is 450 g/mol. The fourth-order valence-corrected chi connectivity index (χ4v) is 3.68. The van der Waals surface area contributed by atoms with Crippen LogP contribution in [0.3, 0.4) is 0 Å². The minimum Gasteiger partial charge on any atom is -0.490 e. The van der Waals surface area contributed by atoms with Crippen molar-refractivity contribution in [3.8, 4) is 11.5 Å². The van der Waals surface area contributed by atoms with Crippen molar-refractivity contribution in [2.24, 2.45) is 4.99 Å². The number of nitrogens with zero attached hydrogens (tertiary/aromatic N) is 1. The molecule has 0 bridgehead atoms. The average Bonchev–Trinajstić information content (AvgIpc) is 3.15. The number of ether oxygens (including phenoxy) is 3. The van der Waals surface area contributed by atoms with Gasteiger partial charge < -0.3 is 14.2 Å². The van der Waals surface area contributed by atoms with Gasteiger partial charge in [-0.3, -0.25) is 0 Å². The van der Waals surface area contributed by atoms with E-state index in [0.29, 0.717) is 35.3 Å². The third-order valence-electron chi connectivity index (χ3n) is 5.00. The fourth-order valence-electron chi connectivity index (χ4n) is 3.41. The van der Waals surface area contributed by atoms with E-state index in [2.05, 4.69) is 11.9 Å². The molecule has 1 aliphatic rings. The van der Waals surface area contributed by atoms with Crippen molar-refractivity contribution in [2.45, 2.75) is 26.7 Å². The Hall–Kier alpha value is -3.31. The van der Waals surface area contributed by atoms with Gasteiger partial charge in [-0.25, -0.2) is 9.79 Å². The molecule has 6 heteroatoms. The summed E-state index contributed by atoms with van der Waals surface area (Å²) in [6.45, 7) is 5.01. The molecular weight excluding hydrogens is 426 g/mol. The van der Waals surface area contributed by atoms with Gasteiger partial charge in [0.25, 0.3) is 0 Å². The Morgan fingerprint density at radius 2 is 1.84 bits per heavy atom. The molecule has 164 valence electrons. The molecule has 1 aliphatic heterocycles. The summed E-state index contributed by atoms with van der Waals surface area (Å²) in [6, 6.07) is 17.3. The molecule has 3 aromatic rings. The molecule has 0 amide bonds. The quantitative estimate of drug-likeness (QED) is 0.226. The van der Waals surface area contributed by atoms with Crippen LogP contribution in [0, 0.1) is 0 Å². The van der Waals surface area contributed by atoms with Crippen molar-refractivity contribution in [2.75, 3.05) is 13.2 Å². The summed E-state index contributed by atoms with van der Waals surface area (Å²) in [6.07, 6.45) is 3.58. The second-order valence-corrected chi connectivity index (χ2v) is 7.77. The Bertz CT molecular complexity index is 1220. The highest BCUT2D eigenvalue weighted by molar-refractivity contribution is 6.32. The molecule has 0 atom stereocenters. The van der Waals surface area contributed by atoms with Gasteiger partial charge in [-0.2, -0.15) is 0 Å². The van der Waals surface area contributed by atoms with Crippen LogP contribution in [0.25, 0.3) is 16.8 Å². The van der Waals surface area contributed by atoms with Gasteiger partial charge in [-0.1, -0.05) is 55.3 Å². The van der Waals surface area contributed by atoms with E-state index in [-0.39, 0.29) is 11.6 Å². The minimum atomic E-state index is -0.509. The Morgan fingerprint density at radius 3 is 2.62 bits per heavy atom. The first-order valence-corrected chi connectivity index (χ1v) is 11.1. The predicted molar refractivity (Wildman–Crippen MR) is 128 cm³/mol. The minimum absolute atomic E-state index is 0.200. The van der Waals surface area contributed by atoms with Crippen LogP contribution in [0.5, 0.6) is 11.5 Å². The number of benzene rings is 3. The van der Waals surface area contributed by atoms with Crippen molar-refractivity contribution in [1.82, 2.24) is 0 Å². The maximum Gasteiger partial charge on any atom is 0.363 e. The van der Waals surface area contributed by atoms with E-state index in [1.165, 1.54) is 0 Å². The molecule has 0 radical (unpaired) electrons. The lowest BCUT2D eigenvalue weighted by molar-refractivity contribution is -0.129. The van der Waals surface area contributed by atoms with E-state index >= 15 is 0 Å². The summed E-state index contributed by atoms with van der Waals surface area (Å²) in [5.41, 5.74) is 1.62. The summed E-state index contributed by atoms with van der Waals surface area (Å²) in [4.78, 5) is 16.9. The van der Waals surface area contributed by atoms with Crippen LogP contribution < -0.4 is 9.47 Å². The van der Waals surface area contributed by atoms with Gasteiger partial charge in [0.15, 0.2) is 17.2 Å². The van der Waals surface area contributed by atoms with Crippen molar-refractivity contribution in [1.29, 1.82) is 0 Å². The number of hydrogen-bond acceptors (Lipinski definition) is 5. The molecule has 1 heterocycles. The second kappa shape index (κ2) is 9.88. The summed E-state index contributed by atoms with van der Waals surface area (Å²) in [7, 11) is 0. The van der Waals surface area contributed by atoms with Crippen LogP contribution in [0.4, 0.5) is 0 Å². The van der Waals surface area contributed by atoms with Gasteiger partial charge in [-0.05, 0) is 60.0 Å². The van der Waals surface area contributed by atoms with Crippen LogP contribution >= 0.6 is 11.6 Å². The maximum atomic E-state index is 12.5. The number of esters is 1. The number of carbonyl (C=O) groups is 1. The second-order valence-electron chi connectivity index (χ2n) is 7.36. The number of halogens is 1. The van der Waals surface area contributed by atoms with Crippen molar-refractivity contribution in [3.05, 3.63) is 76.4 Å². The third kappa shape index (κ3) is 4.78. The molecular formula is C26H24ClNO4. The Balaban J connectivity index is 1.64. The fraction of sp³-hybridized carbons (Fsp3) is 0.231. The van der Waals surface area contributed by atoms with Gasteiger partial charge in [0.2, 0.25) is 5.90 Å². The zero-order chi connectivity index (χ0) is 22.5. The number of hydrogen-bond donors (Lipinski definition) is 0. The zero-order valence-corrected chi connectivity index (χ0v) is 18.8. The highest BCUT2D eigenvalue weighted by Crippen LogP contribution is 2.38. The van der Waals surface area contributed by atoms with E-state index in [4.69, 9.17) is 25.8 Å². The summed E-state index contributed by atoms with van der Waals surface area (Å²) in [5.74, 6) is 0.819. The Labute approximate surface area is 192 Å². The maximum absolute atomic E-state index is 12.5. The first kappa shape index (κ1) is 21.9. The van der Waals surface area contributed by atoms with Gasteiger partial charge in [0.1, 0.15) is 0 Å². The normalized spacial score (nSPS) is 14.5. The molecule has 0 saturated carbocycles. The van der Waals surface area contributed by atoms with Crippen LogP contribution in [-0.2, 0) is 9.53 Å². The van der Waals surface area contributed by atoms with E-state index in [1.807, 2.05) is 49.4 Å². The van der Waals surface area contributed by atoms with Gasteiger partial charge in [0, 0.05) is 5.56 Å². The number of carbonyl (C=O) groups excluding carboxylic acids is 1. The van der Waals surface area contributed by atoms with E-state index < -0.39 is 5.97 Å². The number of aliphatic imine (C=N–C) groups is 1. The topological polar surface area (TPSA) is 57.1 Å². The summed E-state index contributed by atoms with van der Waals surface area (Å²) in [5, 5.41) is 2.58. The first-order chi connectivity index (χ1) is 15.6. The van der Waals surface area contributed by atoms with Gasteiger partial charge in [-0.15, -0.1) is 0 Å². The first-order valence-electron chi connectivity index (χ1n) is 10.7. The number of cyclic esters (lactones) is 1. The largest absolute Gasteiger partial charge is 0.490 e. The van der Waals surface area contributed by atoms with E-state index in [9.17, 15) is 4.79 Å². The summed E-state index contributed by atoms with van der Waals surface area (Å²) >= 11 is 6.46. The highest BCUT2D eigenvalue weighted by atomic mass is 35.5. The molecule has 0 aromatic heterocycles. The number of rotatable bonds is 8. The number of unbranched alkanes of at least 4 members (excludes halogenated alkanes) is 1. The number of fused-ring (bicyclic) bond motifs is 1. The van der Waals surface area contributed by atoms with Crippen LogP contribution in [0.15, 0.2) is 65.3 Å². The highest BCUT2D eigenvalue weighted by Gasteiger charge is 2.25. The molecule has 0 N–H and O–H groups in total. The molecule has 4 rings (SSSR count). The molecule has 0 fully saturated rings. The zero-order valence-electron chi connectivity index (χ0n) is 18.1. The van der Waals surface area contributed by atoms with Crippen LogP contribution in [0.2, 0.25) is 5.02 Å². The monoisotopic (exact) mass is 449 g/mol. The lowest BCUT2D eigenvalue weighted by Crippen LogP contribution is -2.05. The van der Waals surface area contributed by atoms with Crippen molar-refractivity contribution in [3.63, 3.8) is 0 Å². The van der Waals surface area contributed by atoms with Crippen molar-refractivity contribution < 1.29 is 19.0 Å². The predicted octanol–water partition coefficient (Wildman–Crippen LogP) is 6.42. The molecule has 0 saturated heterocycles. The van der Waals surface area contributed by atoms with Crippen LogP contribution in [-0.4, -0.2) is 25.1 Å². The lowest BCUT2D eigenvalue weighted by atomic mass is 10.1. The molecule has 5 nitrogen and oxygen atoms in total. The summed E-state index contributed by atoms with van der Waals surface area (Å²) < 4.78 is 17.0. The van der Waals surface area contributed by atoms with E-state index in [0.717, 1.165) is 29.2 Å². The smallest absolute Gasteiger partial charge is 0.363 e. The standard InChI is InChI=1S/C26H24ClNO4/c1-3-5-12-31-24-21(27)13-17(15-23(24)30-4-2)14-22-26(29)32-25(28-22)20-11-10-18-8-6-7-9-19(18)16-20/h6-11,13-16H,3-5,12H2,1-2H3/b22-14-. The molecule has 3 aromatic carbocycles. The Kier molecular flexibility index (Phi) is 6.76. The van der Waals surface area contributed by atoms with Gasteiger partial charge >= 0.3 is 5.97 Å². The van der Waals surface area contributed by atoms with Crippen LogP contribution in [0.1, 0.15) is 37.8 Å². The van der Waals surface area contributed by atoms with Crippen molar-refractivity contribution >= 4 is 40.3 Å². The Morgan fingerprint density at radius 1 is 1.03 bits per heavy atom.